The Morgan fingerprint density at radius 1 is 1.26 bits per heavy atom. The number of benzene rings is 2. The van der Waals surface area contributed by atoms with Gasteiger partial charge in [-0.05, 0) is 37.3 Å². The Morgan fingerprint density at radius 2 is 2.07 bits per heavy atom. The van der Waals surface area contributed by atoms with E-state index >= 15 is 0 Å². The summed E-state index contributed by atoms with van der Waals surface area (Å²) in [6.45, 7) is 1.96. The van der Waals surface area contributed by atoms with Gasteiger partial charge < -0.3 is 19.2 Å². The molecule has 1 amide bonds. The highest BCUT2D eigenvalue weighted by Crippen LogP contribution is 2.31. The quantitative estimate of drug-likeness (QED) is 0.623. The lowest BCUT2D eigenvalue weighted by atomic mass is 10.2. The van der Waals surface area contributed by atoms with Gasteiger partial charge in [-0.15, -0.1) is 0 Å². The highest BCUT2D eigenvalue weighted by molar-refractivity contribution is 6.32. The van der Waals surface area contributed by atoms with Gasteiger partial charge >= 0.3 is 0 Å². The molecule has 0 saturated carbocycles. The van der Waals surface area contributed by atoms with Crippen molar-refractivity contribution in [1.82, 2.24) is 5.32 Å². The minimum Gasteiger partial charge on any atom is -0.493 e. The number of rotatable bonds is 7. The minimum atomic E-state index is -0.443. The van der Waals surface area contributed by atoms with E-state index in [1.807, 2.05) is 31.2 Å². The Bertz CT molecular complexity index is 956. The zero-order valence-corrected chi connectivity index (χ0v) is 15.7. The smallest absolute Gasteiger partial charge is 0.224 e. The molecule has 3 aromatic rings. The first kappa shape index (κ1) is 19.0. The van der Waals surface area contributed by atoms with E-state index in [2.05, 4.69) is 5.32 Å². The molecule has 1 N–H and O–H groups in total. The summed E-state index contributed by atoms with van der Waals surface area (Å²) in [6.07, 6.45) is 0.127. The number of fused-ring (bicyclic) bond motifs is 1. The van der Waals surface area contributed by atoms with Crippen LogP contribution >= 0.6 is 11.6 Å². The maximum Gasteiger partial charge on any atom is 0.224 e. The summed E-state index contributed by atoms with van der Waals surface area (Å²) in [5, 5.41) is 3.93. The maximum absolute atomic E-state index is 13.0. The molecule has 2 aromatic carbocycles. The van der Waals surface area contributed by atoms with Gasteiger partial charge in [-0.2, -0.15) is 0 Å². The summed E-state index contributed by atoms with van der Waals surface area (Å²) < 4.78 is 29.5. The lowest BCUT2D eigenvalue weighted by Crippen LogP contribution is -2.27. The zero-order chi connectivity index (χ0) is 19.4. The summed E-state index contributed by atoms with van der Waals surface area (Å²) >= 11 is 5.88. The first-order valence-electron chi connectivity index (χ1n) is 8.41. The van der Waals surface area contributed by atoms with Crippen LogP contribution in [-0.4, -0.2) is 19.6 Å². The molecule has 0 spiro atoms. The van der Waals surface area contributed by atoms with Crippen molar-refractivity contribution in [2.75, 3.05) is 13.7 Å². The molecule has 1 heterocycles. The number of carbonyl (C=O) groups is 1. The van der Waals surface area contributed by atoms with E-state index in [0.717, 1.165) is 11.5 Å². The van der Waals surface area contributed by atoms with Crippen LogP contribution in [0.1, 0.15) is 25.1 Å². The van der Waals surface area contributed by atoms with Gasteiger partial charge in [0.05, 0.1) is 31.2 Å². The van der Waals surface area contributed by atoms with Crippen molar-refractivity contribution in [2.45, 2.75) is 19.4 Å². The molecule has 5 nitrogen and oxygen atoms in total. The first-order valence-corrected chi connectivity index (χ1v) is 8.79. The number of carbonyl (C=O) groups excluding carboxylic acids is 1. The molecule has 142 valence electrons. The molecule has 27 heavy (non-hydrogen) atoms. The predicted octanol–water partition coefficient (Wildman–Crippen LogP) is 4.88. The number of halogens is 2. The molecule has 1 aromatic heterocycles. The SMILES string of the molecule is COc1cccc2cc(C(C)NC(=O)CCOc3ccc(F)cc3Cl)oc12. The molecule has 0 saturated heterocycles. The van der Waals surface area contributed by atoms with Crippen LogP contribution in [0, 0.1) is 5.82 Å². The van der Waals surface area contributed by atoms with E-state index in [-0.39, 0.29) is 30.0 Å². The number of methoxy groups -OCH3 is 1. The molecule has 3 rings (SSSR count). The number of furan rings is 1. The summed E-state index contributed by atoms with van der Waals surface area (Å²) in [5.41, 5.74) is 0.644. The van der Waals surface area contributed by atoms with Gasteiger partial charge in [0.2, 0.25) is 5.91 Å². The van der Waals surface area contributed by atoms with E-state index in [4.69, 9.17) is 25.5 Å². The molecule has 0 fully saturated rings. The number of ether oxygens (including phenoxy) is 2. The monoisotopic (exact) mass is 391 g/mol. The molecule has 7 heteroatoms. The number of hydrogen-bond donors (Lipinski definition) is 1. The van der Waals surface area contributed by atoms with Crippen LogP contribution in [-0.2, 0) is 4.79 Å². The highest BCUT2D eigenvalue weighted by Gasteiger charge is 2.16. The molecule has 1 unspecified atom stereocenters. The van der Waals surface area contributed by atoms with E-state index in [1.165, 1.54) is 12.1 Å². The number of para-hydroxylation sites is 1. The Hall–Kier alpha value is -2.73. The molecule has 0 bridgehead atoms. The second-order valence-corrected chi connectivity index (χ2v) is 6.40. The van der Waals surface area contributed by atoms with E-state index in [0.29, 0.717) is 22.8 Å². The Balaban J connectivity index is 1.56. The van der Waals surface area contributed by atoms with Crippen LogP contribution in [0.25, 0.3) is 11.0 Å². The van der Waals surface area contributed by atoms with Gasteiger partial charge in [0.15, 0.2) is 11.3 Å². The third kappa shape index (κ3) is 4.52. The largest absolute Gasteiger partial charge is 0.493 e. The van der Waals surface area contributed by atoms with Crippen molar-refractivity contribution in [3.05, 3.63) is 59.1 Å². The van der Waals surface area contributed by atoms with Crippen LogP contribution in [0.2, 0.25) is 5.02 Å². The van der Waals surface area contributed by atoms with Crippen molar-refractivity contribution in [3.63, 3.8) is 0 Å². The second kappa shape index (κ2) is 8.31. The third-order valence-electron chi connectivity index (χ3n) is 4.03. The third-order valence-corrected chi connectivity index (χ3v) is 4.33. The standard InChI is InChI=1S/C20H19ClFNO4/c1-12(18-10-13-4-3-5-17(25-2)20(13)27-18)23-19(24)8-9-26-16-7-6-14(22)11-15(16)21/h3-7,10-12H,8-9H2,1-2H3,(H,23,24). The summed E-state index contributed by atoms with van der Waals surface area (Å²) in [6, 6.07) is 11.0. The Kier molecular flexibility index (Phi) is 5.86. The minimum absolute atomic E-state index is 0.123. The van der Waals surface area contributed by atoms with Gasteiger partial charge in [-0.1, -0.05) is 23.7 Å². The predicted molar refractivity (Wildman–Crippen MR) is 101 cm³/mol. The summed E-state index contributed by atoms with van der Waals surface area (Å²) in [4.78, 5) is 12.1. The van der Waals surface area contributed by atoms with Gasteiger partial charge in [-0.3, -0.25) is 4.79 Å². The van der Waals surface area contributed by atoms with Gasteiger partial charge in [0.1, 0.15) is 17.3 Å². The van der Waals surface area contributed by atoms with Crippen LogP contribution in [0.15, 0.2) is 46.9 Å². The van der Waals surface area contributed by atoms with Crippen LogP contribution < -0.4 is 14.8 Å². The topological polar surface area (TPSA) is 60.7 Å². The van der Waals surface area contributed by atoms with Crippen LogP contribution in [0.3, 0.4) is 0 Å². The van der Waals surface area contributed by atoms with Gasteiger partial charge in [-0.25, -0.2) is 4.39 Å². The summed E-state index contributed by atoms with van der Waals surface area (Å²) in [7, 11) is 1.58. The molecule has 0 aliphatic heterocycles. The zero-order valence-electron chi connectivity index (χ0n) is 14.9. The average molecular weight is 392 g/mol. The molecule has 0 radical (unpaired) electrons. The fraction of sp³-hybridized carbons (Fsp3) is 0.250. The maximum atomic E-state index is 13.0. The van der Waals surface area contributed by atoms with Gasteiger partial charge in [0.25, 0.3) is 0 Å². The number of nitrogens with one attached hydrogen (secondary N) is 1. The Labute approximate surface area is 161 Å². The average Bonchev–Trinajstić information content (AvgIpc) is 3.08. The molecular weight excluding hydrogens is 373 g/mol. The second-order valence-electron chi connectivity index (χ2n) is 5.99. The van der Waals surface area contributed by atoms with Crippen molar-refractivity contribution in [3.8, 4) is 11.5 Å². The Morgan fingerprint density at radius 3 is 2.81 bits per heavy atom. The fourth-order valence-electron chi connectivity index (χ4n) is 2.66. The molecular formula is C20H19ClFNO4. The van der Waals surface area contributed by atoms with Crippen LogP contribution in [0.5, 0.6) is 11.5 Å². The number of amides is 1. The highest BCUT2D eigenvalue weighted by atomic mass is 35.5. The van der Waals surface area contributed by atoms with Crippen molar-refractivity contribution in [2.24, 2.45) is 0 Å². The normalized spacial score (nSPS) is 12.0. The van der Waals surface area contributed by atoms with Crippen molar-refractivity contribution < 1.29 is 23.1 Å². The lowest BCUT2D eigenvalue weighted by molar-refractivity contribution is -0.122. The van der Waals surface area contributed by atoms with Gasteiger partial charge in [0, 0.05) is 5.39 Å². The summed E-state index contributed by atoms with van der Waals surface area (Å²) in [5.74, 6) is 0.963. The molecule has 1 atom stereocenters. The van der Waals surface area contributed by atoms with Crippen molar-refractivity contribution in [1.29, 1.82) is 0 Å². The van der Waals surface area contributed by atoms with Crippen LogP contribution in [0.4, 0.5) is 4.39 Å². The van der Waals surface area contributed by atoms with E-state index < -0.39 is 5.82 Å². The molecule has 0 aliphatic rings. The fourth-order valence-corrected chi connectivity index (χ4v) is 2.88. The van der Waals surface area contributed by atoms with E-state index in [9.17, 15) is 9.18 Å². The van der Waals surface area contributed by atoms with Crippen molar-refractivity contribution >= 4 is 28.5 Å². The lowest BCUT2D eigenvalue weighted by Gasteiger charge is -2.12. The first-order chi connectivity index (χ1) is 13.0. The molecule has 0 aliphatic carbocycles. The van der Waals surface area contributed by atoms with E-state index in [1.54, 1.807) is 7.11 Å². The number of hydrogen-bond acceptors (Lipinski definition) is 4.